The molecule has 18 heavy (non-hydrogen) atoms. The van der Waals surface area contributed by atoms with Gasteiger partial charge in [-0.25, -0.2) is 0 Å². The zero-order valence-electron chi connectivity index (χ0n) is 10.6. The summed E-state index contributed by atoms with van der Waals surface area (Å²) in [7, 11) is 0. The van der Waals surface area contributed by atoms with Crippen molar-refractivity contribution in [2.45, 2.75) is 33.1 Å². The minimum absolute atomic E-state index is 0.0715. The van der Waals surface area contributed by atoms with Gasteiger partial charge in [-0.05, 0) is 13.8 Å². The molecule has 0 aliphatic heterocycles. The van der Waals surface area contributed by atoms with Crippen molar-refractivity contribution in [3.05, 3.63) is 11.8 Å². The third-order valence-electron chi connectivity index (χ3n) is 2.02. The Morgan fingerprint density at radius 3 is 2.06 bits per heavy atom. The smallest absolute Gasteiger partial charge is 0.310 e. The Labute approximate surface area is 106 Å². The first kappa shape index (κ1) is 16.1. The molecular weight excluding hydrogens is 240 g/mol. The summed E-state index contributed by atoms with van der Waals surface area (Å²) in [5.74, 6) is -1.56. The van der Waals surface area contributed by atoms with E-state index in [0.29, 0.717) is 6.26 Å². The highest BCUT2D eigenvalue weighted by Gasteiger charge is 2.16. The van der Waals surface area contributed by atoms with Gasteiger partial charge in [-0.1, -0.05) is 0 Å². The molecule has 0 rings (SSSR count). The second kappa shape index (κ2) is 9.21. The van der Waals surface area contributed by atoms with Crippen molar-refractivity contribution in [2.75, 3.05) is 13.2 Å². The molecule has 0 aromatic carbocycles. The van der Waals surface area contributed by atoms with Crippen LogP contribution in [0.5, 0.6) is 0 Å². The highest BCUT2D eigenvalue weighted by Crippen LogP contribution is 2.09. The number of Topliss-reactive ketones (excluding diaryl/α,β-unsaturated/α-hetero) is 1. The van der Waals surface area contributed by atoms with Crippen molar-refractivity contribution >= 4 is 17.7 Å². The number of ether oxygens (including phenoxy) is 2. The van der Waals surface area contributed by atoms with Gasteiger partial charge in [0.25, 0.3) is 0 Å². The molecule has 0 aliphatic rings. The van der Waals surface area contributed by atoms with Gasteiger partial charge in [-0.2, -0.15) is 0 Å². The molecule has 1 N–H and O–H groups in total. The number of aliphatic hydroxyl groups is 1. The van der Waals surface area contributed by atoms with E-state index in [4.69, 9.17) is 5.11 Å². The molecule has 0 heterocycles. The quantitative estimate of drug-likeness (QED) is 0.401. The van der Waals surface area contributed by atoms with E-state index in [9.17, 15) is 14.4 Å². The van der Waals surface area contributed by atoms with Gasteiger partial charge in [-0.15, -0.1) is 0 Å². The molecule has 0 aromatic heterocycles. The van der Waals surface area contributed by atoms with Crippen LogP contribution in [-0.4, -0.2) is 36.0 Å². The van der Waals surface area contributed by atoms with E-state index in [-0.39, 0.29) is 38.0 Å². The minimum Gasteiger partial charge on any atom is -0.515 e. The lowest BCUT2D eigenvalue weighted by Crippen LogP contribution is -2.13. The van der Waals surface area contributed by atoms with Crippen LogP contribution in [0, 0.1) is 0 Å². The number of carbonyl (C=O) groups excluding carboxylic acids is 3. The fourth-order valence-corrected chi connectivity index (χ4v) is 1.19. The van der Waals surface area contributed by atoms with Crippen LogP contribution in [-0.2, 0) is 23.9 Å². The molecule has 0 aromatic rings. The standard InChI is InChI=1S/C12H18O6/c1-3-17-11(15)6-5-10(14)9(8-13)7-12(16)18-4-2/h8,13H,3-7H2,1-2H3/b9-8-. The number of ketones is 1. The summed E-state index contributed by atoms with van der Waals surface area (Å²) in [4.78, 5) is 33.8. The van der Waals surface area contributed by atoms with Crippen LogP contribution < -0.4 is 0 Å². The van der Waals surface area contributed by atoms with Gasteiger partial charge in [0, 0.05) is 12.0 Å². The number of aliphatic hydroxyl groups excluding tert-OH is 1. The summed E-state index contributed by atoms with van der Waals surface area (Å²) in [6.45, 7) is 3.76. The van der Waals surface area contributed by atoms with Crippen LogP contribution in [0.3, 0.4) is 0 Å². The van der Waals surface area contributed by atoms with Crippen LogP contribution in [0.25, 0.3) is 0 Å². The van der Waals surface area contributed by atoms with E-state index in [2.05, 4.69) is 9.47 Å². The van der Waals surface area contributed by atoms with Crippen molar-refractivity contribution in [2.24, 2.45) is 0 Å². The first-order chi connectivity index (χ1) is 8.54. The number of hydrogen-bond acceptors (Lipinski definition) is 6. The maximum atomic E-state index is 11.6. The Morgan fingerprint density at radius 2 is 1.56 bits per heavy atom. The van der Waals surface area contributed by atoms with Crippen LogP contribution in [0.2, 0.25) is 0 Å². The van der Waals surface area contributed by atoms with Crippen molar-refractivity contribution in [3.63, 3.8) is 0 Å². The molecular formula is C12H18O6. The van der Waals surface area contributed by atoms with Crippen molar-refractivity contribution in [1.82, 2.24) is 0 Å². The molecule has 0 unspecified atom stereocenters. The largest absolute Gasteiger partial charge is 0.515 e. The van der Waals surface area contributed by atoms with Crippen molar-refractivity contribution < 1.29 is 29.0 Å². The van der Waals surface area contributed by atoms with E-state index in [1.807, 2.05) is 0 Å². The fraction of sp³-hybridized carbons (Fsp3) is 0.583. The summed E-state index contributed by atoms with van der Waals surface area (Å²) in [5.41, 5.74) is -0.0715. The first-order valence-corrected chi connectivity index (χ1v) is 5.72. The normalized spacial score (nSPS) is 10.9. The van der Waals surface area contributed by atoms with Crippen LogP contribution in [0.1, 0.15) is 33.1 Å². The topological polar surface area (TPSA) is 89.9 Å². The number of carbonyl (C=O) groups is 3. The third-order valence-corrected chi connectivity index (χ3v) is 2.02. The lowest BCUT2D eigenvalue weighted by atomic mass is 10.1. The average Bonchev–Trinajstić information content (AvgIpc) is 2.33. The molecule has 0 atom stereocenters. The van der Waals surface area contributed by atoms with Gasteiger partial charge < -0.3 is 14.6 Å². The minimum atomic E-state index is -0.595. The van der Waals surface area contributed by atoms with Crippen molar-refractivity contribution in [3.8, 4) is 0 Å². The van der Waals surface area contributed by atoms with Gasteiger partial charge in [-0.3, -0.25) is 14.4 Å². The highest BCUT2D eigenvalue weighted by atomic mass is 16.5. The second-order valence-electron chi connectivity index (χ2n) is 3.36. The first-order valence-electron chi connectivity index (χ1n) is 5.72. The van der Waals surface area contributed by atoms with E-state index < -0.39 is 17.7 Å². The molecule has 0 amide bonds. The van der Waals surface area contributed by atoms with Gasteiger partial charge in [0.05, 0.1) is 32.3 Å². The summed E-state index contributed by atoms with van der Waals surface area (Å²) in [6, 6.07) is 0. The maximum absolute atomic E-state index is 11.6. The molecule has 0 radical (unpaired) electrons. The molecule has 0 fully saturated rings. The SMILES string of the molecule is CCOC(=O)CCC(=O)/C(=C\O)CC(=O)OCC. The van der Waals surface area contributed by atoms with E-state index in [1.54, 1.807) is 13.8 Å². The Morgan fingerprint density at radius 1 is 1.00 bits per heavy atom. The zero-order chi connectivity index (χ0) is 14.0. The molecule has 0 saturated carbocycles. The molecule has 0 bridgehead atoms. The Hall–Kier alpha value is -1.85. The predicted octanol–water partition coefficient (Wildman–Crippen LogP) is 1.29. The van der Waals surface area contributed by atoms with E-state index >= 15 is 0 Å². The monoisotopic (exact) mass is 258 g/mol. The summed E-state index contributed by atoms with van der Waals surface area (Å²) in [6.07, 6.45) is 0.0911. The molecule has 0 saturated heterocycles. The van der Waals surface area contributed by atoms with Crippen LogP contribution >= 0.6 is 0 Å². The number of esters is 2. The van der Waals surface area contributed by atoms with Gasteiger partial charge in [0.15, 0.2) is 5.78 Å². The average molecular weight is 258 g/mol. The van der Waals surface area contributed by atoms with Gasteiger partial charge in [0.2, 0.25) is 0 Å². The lowest BCUT2D eigenvalue weighted by molar-refractivity contribution is -0.144. The second-order valence-corrected chi connectivity index (χ2v) is 3.36. The Balaban J connectivity index is 4.20. The van der Waals surface area contributed by atoms with Crippen LogP contribution in [0.15, 0.2) is 11.8 Å². The number of hydrogen-bond donors (Lipinski definition) is 1. The van der Waals surface area contributed by atoms with E-state index in [1.165, 1.54) is 0 Å². The van der Waals surface area contributed by atoms with Gasteiger partial charge >= 0.3 is 11.9 Å². The highest BCUT2D eigenvalue weighted by molar-refractivity contribution is 6.00. The summed E-state index contributed by atoms with van der Waals surface area (Å²) < 4.78 is 9.31. The Kier molecular flexibility index (Phi) is 8.26. The molecule has 0 aliphatic carbocycles. The molecule has 102 valence electrons. The number of rotatable bonds is 8. The van der Waals surface area contributed by atoms with Gasteiger partial charge in [0.1, 0.15) is 0 Å². The lowest BCUT2D eigenvalue weighted by Gasteiger charge is -2.05. The maximum Gasteiger partial charge on any atom is 0.310 e. The summed E-state index contributed by atoms with van der Waals surface area (Å²) >= 11 is 0. The predicted molar refractivity (Wildman–Crippen MR) is 62.8 cm³/mol. The summed E-state index contributed by atoms with van der Waals surface area (Å²) in [5, 5.41) is 8.88. The van der Waals surface area contributed by atoms with Crippen molar-refractivity contribution in [1.29, 1.82) is 0 Å². The third kappa shape index (κ3) is 6.67. The Bertz CT molecular complexity index is 331. The zero-order valence-corrected chi connectivity index (χ0v) is 10.6. The van der Waals surface area contributed by atoms with E-state index in [0.717, 1.165) is 0 Å². The molecule has 6 nitrogen and oxygen atoms in total. The molecule has 6 heteroatoms. The molecule has 0 spiro atoms. The van der Waals surface area contributed by atoms with Crippen LogP contribution in [0.4, 0.5) is 0 Å². The fourth-order valence-electron chi connectivity index (χ4n) is 1.19.